The van der Waals surface area contributed by atoms with Gasteiger partial charge in [-0.2, -0.15) is 4.98 Å². The van der Waals surface area contributed by atoms with E-state index in [-0.39, 0.29) is 5.91 Å². The van der Waals surface area contributed by atoms with Crippen LogP contribution in [0.1, 0.15) is 47.8 Å². The highest BCUT2D eigenvalue weighted by molar-refractivity contribution is 14.1. The van der Waals surface area contributed by atoms with Crippen molar-refractivity contribution in [3.63, 3.8) is 0 Å². The lowest BCUT2D eigenvalue weighted by molar-refractivity contribution is 0.0892. The minimum Gasteiger partial charge on any atom is -0.340 e. The Balaban J connectivity index is 1.85. The van der Waals surface area contributed by atoms with Crippen LogP contribution in [0.2, 0.25) is 0 Å². The molecule has 1 heterocycles. The molecule has 6 heteroatoms. The van der Waals surface area contributed by atoms with Gasteiger partial charge >= 0.3 is 0 Å². The van der Waals surface area contributed by atoms with Crippen molar-refractivity contribution < 1.29 is 9.32 Å². The fourth-order valence-corrected chi connectivity index (χ4v) is 3.13. The molecule has 110 valence electrons. The average Bonchev–Trinajstić information content (AvgIpc) is 3.09. The number of benzene rings is 1. The minimum absolute atomic E-state index is 0.0873. The lowest BCUT2D eigenvalue weighted by Crippen LogP contribution is -2.44. The summed E-state index contributed by atoms with van der Waals surface area (Å²) < 4.78 is 6.20. The molecule has 1 aliphatic rings. The number of amides is 1. The maximum Gasteiger partial charge on any atom is 0.252 e. The van der Waals surface area contributed by atoms with Crippen LogP contribution in [0.15, 0.2) is 28.8 Å². The summed E-state index contributed by atoms with van der Waals surface area (Å²) in [6, 6.07) is 7.52. The van der Waals surface area contributed by atoms with Crippen LogP contribution >= 0.6 is 22.6 Å². The third kappa shape index (κ3) is 2.95. The molecule has 1 aliphatic carbocycles. The minimum atomic E-state index is -0.488. The zero-order valence-electron chi connectivity index (χ0n) is 11.7. The van der Waals surface area contributed by atoms with E-state index >= 15 is 0 Å². The van der Waals surface area contributed by atoms with Crippen molar-refractivity contribution in [3.05, 3.63) is 45.1 Å². The third-order valence-electron chi connectivity index (χ3n) is 3.87. The Labute approximate surface area is 136 Å². The Hall–Kier alpha value is -1.44. The lowest BCUT2D eigenvalue weighted by Gasteiger charge is -2.26. The van der Waals surface area contributed by atoms with Crippen molar-refractivity contribution in [2.24, 2.45) is 0 Å². The maximum atomic E-state index is 12.5. The number of nitrogens with one attached hydrogen (secondary N) is 1. The molecule has 0 aliphatic heterocycles. The topological polar surface area (TPSA) is 68.0 Å². The first-order chi connectivity index (χ1) is 10.1. The first-order valence-electron chi connectivity index (χ1n) is 6.98. The van der Waals surface area contributed by atoms with Gasteiger partial charge in [0, 0.05) is 16.1 Å². The van der Waals surface area contributed by atoms with Gasteiger partial charge in [0.2, 0.25) is 5.89 Å². The van der Waals surface area contributed by atoms with E-state index in [9.17, 15) is 4.79 Å². The number of hydrogen-bond donors (Lipinski definition) is 1. The second-order valence-corrected chi connectivity index (χ2v) is 6.63. The average molecular weight is 397 g/mol. The van der Waals surface area contributed by atoms with E-state index in [1.807, 2.05) is 24.3 Å². The van der Waals surface area contributed by atoms with Gasteiger partial charge in [-0.1, -0.05) is 18.0 Å². The zero-order chi connectivity index (χ0) is 14.9. The normalized spacial score (nSPS) is 16.9. The summed E-state index contributed by atoms with van der Waals surface area (Å²) in [5.74, 6) is 1.03. The summed E-state index contributed by atoms with van der Waals surface area (Å²) in [5, 5.41) is 7.16. The van der Waals surface area contributed by atoms with E-state index in [0.29, 0.717) is 17.3 Å². The zero-order valence-corrected chi connectivity index (χ0v) is 13.9. The second-order valence-electron chi connectivity index (χ2n) is 5.39. The number of hydrogen-bond acceptors (Lipinski definition) is 4. The second kappa shape index (κ2) is 5.75. The van der Waals surface area contributed by atoms with Crippen molar-refractivity contribution in [1.82, 2.24) is 15.5 Å². The Bertz CT molecular complexity index is 645. The standard InChI is InChI=1S/C15H16IN3O2/c1-10-17-14(19-21-10)15(8-2-3-9-15)18-13(20)11-4-6-12(16)7-5-11/h4-7H,2-3,8-9H2,1H3,(H,18,20). The van der Waals surface area contributed by atoms with Gasteiger partial charge in [-0.15, -0.1) is 0 Å². The summed E-state index contributed by atoms with van der Waals surface area (Å²) in [7, 11) is 0. The highest BCUT2D eigenvalue weighted by Gasteiger charge is 2.41. The van der Waals surface area contributed by atoms with E-state index in [1.165, 1.54) is 0 Å². The number of carbonyl (C=O) groups is 1. The molecule has 0 saturated heterocycles. The lowest BCUT2D eigenvalue weighted by atomic mass is 9.96. The van der Waals surface area contributed by atoms with Gasteiger partial charge in [-0.25, -0.2) is 0 Å². The third-order valence-corrected chi connectivity index (χ3v) is 4.59. The predicted octanol–water partition coefficient (Wildman–Crippen LogP) is 3.18. The van der Waals surface area contributed by atoms with Crippen molar-refractivity contribution in [1.29, 1.82) is 0 Å². The maximum absolute atomic E-state index is 12.5. The molecule has 1 aromatic heterocycles. The van der Waals surface area contributed by atoms with Crippen molar-refractivity contribution >= 4 is 28.5 Å². The van der Waals surface area contributed by atoms with Crippen LogP contribution in [0.4, 0.5) is 0 Å². The SMILES string of the molecule is Cc1nc(C2(NC(=O)c3ccc(I)cc3)CCCC2)no1. The quantitative estimate of drug-likeness (QED) is 0.808. The molecule has 1 amide bonds. The molecule has 0 atom stereocenters. The molecule has 1 saturated carbocycles. The van der Waals surface area contributed by atoms with Crippen LogP contribution in [0.25, 0.3) is 0 Å². The molecular formula is C15H16IN3O2. The van der Waals surface area contributed by atoms with Gasteiger partial charge in [0.1, 0.15) is 5.54 Å². The summed E-state index contributed by atoms with van der Waals surface area (Å²) in [4.78, 5) is 16.8. The summed E-state index contributed by atoms with van der Waals surface area (Å²) in [6.07, 6.45) is 3.81. The number of aryl methyl sites for hydroxylation is 1. The molecule has 0 unspecified atom stereocenters. The molecule has 0 spiro atoms. The molecule has 0 bridgehead atoms. The molecule has 21 heavy (non-hydrogen) atoms. The number of nitrogens with zero attached hydrogens (tertiary/aromatic N) is 2. The Morgan fingerprint density at radius 2 is 1.95 bits per heavy atom. The van der Waals surface area contributed by atoms with E-state index < -0.39 is 5.54 Å². The van der Waals surface area contributed by atoms with E-state index in [2.05, 4.69) is 38.0 Å². The van der Waals surface area contributed by atoms with E-state index in [4.69, 9.17) is 4.52 Å². The number of rotatable bonds is 3. The van der Waals surface area contributed by atoms with Crippen LogP contribution in [0.5, 0.6) is 0 Å². The smallest absolute Gasteiger partial charge is 0.252 e. The van der Waals surface area contributed by atoms with Crippen LogP contribution in [0, 0.1) is 10.5 Å². The molecule has 1 fully saturated rings. The van der Waals surface area contributed by atoms with Crippen molar-refractivity contribution in [2.45, 2.75) is 38.1 Å². The van der Waals surface area contributed by atoms with Gasteiger partial charge in [0.05, 0.1) is 0 Å². The van der Waals surface area contributed by atoms with Gasteiger partial charge in [-0.05, 0) is 59.7 Å². The van der Waals surface area contributed by atoms with E-state index in [0.717, 1.165) is 29.3 Å². The fraction of sp³-hybridized carbons (Fsp3) is 0.400. The van der Waals surface area contributed by atoms with Gasteiger partial charge in [0.15, 0.2) is 5.82 Å². The molecule has 1 N–H and O–H groups in total. The number of halogens is 1. The Kier molecular flexibility index (Phi) is 3.97. The summed E-state index contributed by atoms with van der Waals surface area (Å²) in [6.45, 7) is 1.76. The van der Waals surface area contributed by atoms with Gasteiger partial charge < -0.3 is 9.84 Å². The van der Waals surface area contributed by atoms with Crippen molar-refractivity contribution in [2.75, 3.05) is 0 Å². The van der Waals surface area contributed by atoms with E-state index in [1.54, 1.807) is 6.92 Å². The molecular weight excluding hydrogens is 381 g/mol. The van der Waals surface area contributed by atoms with Crippen LogP contribution in [-0.2, 0) is 5.54 Å². The molecule has 3 rings (SSSR count). The van der Waals surface area contributed by atoms with Crippen LogP contribution in [-0.4, -0.2) is 16.0 Å². The molecule has 1 aromatic carbocycles. The van der Waals surface area contributed by atoms with Crippen LogP contribution in [0.3, 0.4) is 0 Å². The first kappa shape index (κ1) is 14.5. The Morgan fingerprint density at radius 1 is 1.29 bits per heavy atom. The first-order valence-corrected chi connectivity index (χ1v) is 8.06. The van der Waals surface area contributed by atoms with Gasteiger partial charge in [0.25, 0.3) is 5.91 Å². The molecule has 5 nitrogen and oxygen atoms in total. The molecule has 0 radical (unpaired) electrons. The predicted molar refractivity (Wildman–Crippen MR) is 85.8 cm³/mol. The highest BCUT2D eigenvalue weighted by atomic mass is 127. The highest BCUT2D eigenvalue weighted by Crippen LogP contribution is 2.37. The number of carbonyl (C=O) groups excluding carboxylic acids is 1. The van der Waals surface area contributed by atoms with Crippen molar-refractivity contribution in [3.8, 4) is 0 Å². The molecule has 2 aromatic rings. The summed E-state index contributed by atoms with van der Waals surface area (Å²) in [5.41, 5.74) is 0.166. The van der Waals surface area contributed by atoms with Crippen LogP contribution < -0.4 is 5.32 Å². The number of aromatic nitrogens is 2. The summed E-state index contributed by atoms with van der Waals surface area (Å²) >= 11 is 2.22. The largest absolute Gasteiger partial charge is 0.340 e. The fourth-order valence-electron chi connectivity index (χ4n) is 2.77. The monoisotopic (exact) mass is 397 g/mol. The van der Waals surface area contributed by atoms with Gasteiger partial charge in [-0.3, -0.25) is 4.79 Å². The Morgan fingerprint density at radius 3 is 2.52 bits per heavy atom.